The number of ether oxygens (including phenoxy) is 2. The molecule has 3 nitrogen and oxygen atoms in total. The molecule has 0 saturated carbocycles. The highest BCUT2D eigenvalue weighted by Gasteiger charge is 2.26. The average Bonchev–Trinajstić information content (AvgIpc) is 2.86. The van der Waals surface area contributed by atoms with Gasteiger partial charge in [0.15, 0.2) is 6.29 Å². The van der Waals surface area contributed by atoms with E-state index in [1.54, 1.807) is 0 Å². The van der Waals surface area contributed by atoms with Crippen LogP contribution in [0, 0.1) is 0 Å². The van der Waals surface area contributed by atoms with Gasteiger partial charge >= 0.3 is 0 Å². The largest absolute Gasteiger partial charge is 0.353 e. The summed E-state index contributed by atoms with van der Waals surface area (Å²) in [5.74, 6) is 0. The van der Waals surface area contributed by atoms with E-state index in [4.69, 9.17) is 9.47 Å². The molecule has 1 heterocycles. The standard InChI is InChI=1S/C28H39O3P/c29-32(26-18-10-8-11-19-26,27-20-12-9-13-21-27)25-17-7-5-3-1-2-4-6-15-23-30-28-22-14-16-24-31-28/h3,5,8-13,18-21,28H,1-2,4,6-7,14-17,22-25H2. The Kier molecular flexibility index (Phi) is 11.3. The molecule has 0 bridgehead atoms. The Morgan fingerprint density at radius 3 is 2.06 bits per heavy atom. The highest BCUT2D eigenvalue weighted by molar-refractivity contribution is 7.78. The van der Waals surface area contributed by atoms with Crippen molar-refractivity contribution in [3.63, 3.8) is 0 Å². The van der Waals surface area contributed by atoms with Crippen molar-refractivity contribution in [1.82, 2.24) is 0 Å². The molecule has 1 aliphatic heterocycles. The van der Waals surface area contributed by atoms with Gasteiger partial charge in [-0.15, -0.1) is 0 Å². The van der Waals surface area contributed by atoms with E-state index < -0.39 is 7.14 Å². The molecule has 0 aromatic heterocycles. The Morgan fingerprint density at radius 2 is 1.44 bits per heavy atom. The Balaban J connectivity index is 1.29. The fourth-order valence-electron chi connectivity index (χ4n) is 4.19. The number of benzene rings is 2. The molecule has 2 aromatic rings. The lowest BCUT2D eigenvalue weighted by Gasteiger charge is -2.22. The number of unbranched alkanes of at least 4 members (excludes halogenated alkanes) is 5. The normalized spacial score (nSPS) is 17.1. The first-order valence-electron chi connectivity index (χ1n) is 12.4. The van der Waals surface area contributed by atoms with Crippen LogP contribution < -0.4 is 10.6 Å². The second-order valence-electron chi connectivity index (χ2n) is 8.62. The number of hydrogen-bond acceptors (Lipinski definition) is 3. The second-order valence-corrected chi connectivity index (χ2v) is 11.6. The Bertz CT molecular complexity index is 770. The molecule has 0 radical (unpaired) electrons. The van der Waals surface area contributed by atoms with Crippen molar-refractivity contribution in [2.45, 2.75) is 70.5 Å². The predicted molar refractivity (Wildman–Crippen MR) is 136 cm³/mol. The quantitative estimate of drug-likeness (QED) is 0.178. The maximum atomic E-state index is 13.9. The molecule has 174 valence electrons. The van der Waals surface area contributed by atoms with E-state index >= 15 is 0 Å². The highest BCUT2D eigenvalue weighted by Crippen LogP contribution is 2.44. The molecule has 0 N–H and O–H groups in total. The molecular weight excluding hydrogens is 415 g/mol. The molecule has 3 rings (SSSR count). The first-order chi connectivity index (χ1) is 15.8. The third kappa shape index (κ3) is 8.35. The summed E-state index contributed by atoms with van der Waals surface area (Å²) < 4.78 is 25.3. The van der Waals surface area contributed by atoms with Crippen molar-refractivity contribution in [3.05, 3.63) is 72.8 Å². The van der Waals surface area contributed by atoms with Crippen LogP contribution in [0.3, 0.4) is 0 Å². The van der Waals surface area contributed by atoms with Crippen LogP contribution in [0.5, 0.6) is 0 Å². The summed E-state index contributed by atoms with van der Waals surface area (Å²) >= 11 is 0. The number of rotatable bonds is 14. The molecule has 1 atom stereocenters. The Hall–Kier alpha value is -1.67. The lowest BCUT2D eigenvalue weighted by Crippen LogP contribution is -2.22. The third-order valence-corrected chi connectivity index (χ3v) is 9.27. The zero-order valence-corrected chi connectivity index (χ0v) is 20.3. The van der Waals surface area contributed by atoms with Gasteiger partial charge in [0.25, 0.3) is 0 Å². The lowest BCUT2D eigenvalue weighted by molar-refractivity contribution is -0.162. The van der Waals surface area contributed by atoms with Gasteiger partial charge in [0.2, 0.25) is 0 Å². The van der Waals surface area contributed by atoms with E-state index in [0.29, 0.717) is 0 Å². The van der Waals surface area contributed by atoms with Gasteiger partial charge in [-0.2, -0.15) is 0 Å². The Labute approximate surface area is 194 Å². The molecular formula is C28H39O3P. The summed E-state index contributed by atoms with van der Waals surface area (Å²) in [6.45, 7) is 1.68. The number of hydrogen-bond donors (Lipinski definition) is 0. The summed E-state index contributed by atoms with van der Waals surface area (Å²) in [6, 6.07) is 20.0. The van der Waals surface area contributed by atoms with E-state index in [9.17, 15) is 4.57 Å². The van der Waals surface area contributed by atoms with Crippen molar-refractivity contribution in [2.75, 3.05) is 19.4 Å². The minimum atomic E-state index is -2.57. The van der Waals surface area contributed by atoms with Crippen LogP contribution in [0.15, 0.2) is 72.8 Å². The lowest BCUT2D eigenvalue weighted by atomic mass is 10.1. The van der Waals surface area contributed by atoms with Crippen LogP contribution in [0.2, 0.25) is 0 Å². The topological polar surface area (TPSA) is 35.5 Å². The summed E-state index contributed by atoms with van der Waals surface area (Å²) in [4.78, 5) is 0. The fourth-order valence-corrected chi connectivity index (χ4v) is 6.94. The second kappa shape index (κ2) is 14.5. The zero-order valence-electron chi connectivity index (χ0n) is 19.4. The van der Waals surface area contributed by atoms with Gasteiger partial charge in [-0.3, -0.25) is 0 Å². The third-order valence-electron chi connectivity index (χ3n) is 6.06. The van der Waals surface area contributed by atoms with Gasteiger partial charge in [-0.05, 0) is 51.4 Å². The summed E-state index contributed by atoms with van der Waals surface area (Å²) in [6.07, 6.45) is 16.7. The molecule has 4 heteroatoms. The summed E-state index contributed by atoms with van der Waals surface area (Å²) in [5.41, 5.74) is 0. The van der Waals surface area contributed by atoms with Gasteiger partial charge in [0.05, 0.1) is 0 Å². The molecule has 0 amide bonds. The molecule has 1 saturated heterocycles. The number of allylic oxidation sites excluding steroid dienone is 2. The molecule has 1 aliphatic rings. The SMILES string of the molecule is O=P(CCCC=CCCCCCCOC1CCCCO1)(c1ccccc1)c1ccccc1. The maximum absolute atomic E-state index is 13.9. The van der Waals surface area contributed by atoms with Crippen LogP contribution in [0.4, 0.5) is 0 Å². The van der Waals surface area contributed by atoms with Crippen molar-refractivity contribution in [3.8, 4) is 0 Å². The molecule has 0 aliphatic carbocycles. The van der Waals surface area contributed by atoms with E-state index in [1.807, 2.05) is 60.7 Å². The summed E-state index contributed by atoms with van der Waals surface area (Å²) in [7, 11) is -2.57. The van der Waals surface area contributed by atoms with Gasteiger partial charge in [0.1, 0.15) is 7.14 Å². The van der Waals surface area contributed by atoms with Crippen molar-refractivity contribution >= 4 is 17.8 Å². The van der Waals surface area contributed by atoms with Gasteiger partial charge in [-0.1, -0.05) is 85.7 Å². The van der Waals surface area contributed by atoms with Gasteiger partial charge in [0, 0.05) is 30.0 Å². The fraction of sp³-hybridized carbons (Fsp3) is 0.500. The molecule has 1 unspecified atom stereocenters. The highest BCUT2D eigenvalue weighted by atomic mass is 31.2. The van der Waals surface area contributed by atoms with Crippen LogP contribution in [-0.2, 0) is 14.0 Å². The van der Waals surface area contributed by atoms with Crippen LogP contribution in [-0.4, -0.2) is 25.7 Å². The van der Waals surface area contributed by atoms with Crippen LogP contribution >= 0.6 is 7.14 Å². The molecule has 1 fully saturated rings. The van der Waals surface area contributed by atoms with Crippen molar-refractivity contribution in [2.24, 2.45) is 0 Å². The first kappa shape index (κ1) is 25.0. The van der Waals surface area contributed by atoms with E-state index in [0.717, 1.165) is 62.1 Å². The van der Waals surface area contributed by atoms with Crippen molar-refractivity contribution in [1.29, 1.82) is 0 Å². The predicted octanol–water partition coefficient (Wildman–Crippen LogP) is 6.83. The van der Waals surface area contributed by atoms with Gasteiger partial charge < -0.3 is 14.0 Å². The van der Waals surface area contributed by atoms with Gasteiger partial charge in [-0.25, -0.2) is 0 Å². The van der Waals surface area contributed by atoms with E-state index in [1.165, 1.54) is 32.1 Å². The zero-order chi connectivity index (χ0) is 22.3. The monoisotopic (exact) mass is 454 g/mol. The maximum Gasteiger partial charge on any atom is 0.157 e. The molecule has 0 spiro atoms. The van der Waals surface area contributed by atoms with E-state index in [2.05, 4.69) is 12.2 Å². The van der Waals surface area contributed by atoms with Crippen LogP contribution in [0.1, 0.15) is 64.2 Å². The first-order valence-corrected chi connectivity index (χ1v) is 14.3. The Morgan fingerprint density at radius 1 is 0.812 bits per heavy atom. The van der Waals surface area contributed by atoms with E-state index in [-0.39, 0.29) is 6.29 Å². The molecule has 2 aromatic carbocycles. The average molecular weight is 455 g/mol. The van der Waals surface area contributed by atoms with Crippen LogP contribution in [0.25, 0.3) is 0 Å². The smallest absolute Gasteiger partial charge is 0.157 e. The minimum Gasteiger partial charge on any atom is -0.353 e. The minimum absolute atomic E-state index is 0.0470. The molecule has 32 heavy (non-hydrogen) atoms. The summed E-state index contributed by atoms with van der Waals surface area (Å²) in [5, 5.41) is 1.93. The van der Waals surface area contributed by atoms with Crippen molar-refractivity contribution < 1.29 is 14.0 Å².